The fourth-order valence-electron chi connectivity index (χ4n) is 6.50. The molecule has 0 aromatic heterocycles. The van der Waals surface area contributed by atoms with Crippen molar-refractivity contribution in [3.8, 4) is 0 Å². The Balaban J connectivity index is 2.02. The fraction of sp³-hybridized carbons (Fsp3) is 1.00. The highest BCUT2D eigenvalue weighted by molar-refractivity contribution is 4.92. The van der Waals surface area contributed by atoms with Crippen molar-refractivity contribution >= 4 is 0 Å². The molecule has 0 amide bonds. The normalized spacial score (nSPS) is 33.9. The van der Waals surface area contributed by atoms with Crippen LogP contribution in [0.3, 0.4) is 0 Å². The number of piperidine rings is 1. The Bertz CT molecular complexity index is 532. The fourth-order valence-corrected chi connectivity index (χ4v) is 6.50. The van der Waals surface area contributed by atoms with Crippen LogP contribution in [0.2, 0.25) is 0 Å². The van der Waals surface area contributed by atoms with E-state index in [0.717, 1.165) is 51.9 Å². The Morgan fingerprint density at radius 1 is 0.909 bits per heavy atom. The third-order valence-corrected chi connectivity index (χ3v) is 8.74. The van der Waals surface area contributed by atoms with E-state index in [-0.39, 0.29) is 24.0 Å². The molecule has 0 aromatic carbocycles. The zero-order chi connectivity index (χ0) is 24.5. The van der Waals surface area contributed by atoms with Crippen molar-refractivity contribution in [2.45, 2.75) is 118 Å². The standard InChI is InChI=1S/C28H55NO4/c1-8-10-21(5)33-18-29-16-20(4)12-14-26(29)23(7)28(31)27(30)22(6)25-13-11-19(3)15-24(25)17-32-9-2/h19-28,30-31H,8-18H2,1-7H3/t19-,20-,21?,22?,23?,24?,25+,26+,27?,28?/m1/s1. The van der Waals surface area contributed by atoms with Gasteiger partial charge in [-0.3, -0.25) is 4.90 Å². The van der Waals surface area contributed by atoms with E-state index in [2.05, 4.69) is 53.4 Å². The van der Waals surface area contributed by atoms with E-state index in [4.69, 9.17) is 9.47 Å². The molecular weight excluding hydrogens is 414 g/mol. The third kappa shape index (κ3) is 8.45. The Kier molecular flexibility index (Phi) is 12.7. The zero-order valence-corrected chi connectivity index (χ0v) is 22.7. The highest BCUT2D eigenvalue weighted by Gasteiger charge is 2.41. The van der Waals surface area contributed by atoms with Crippen molar-refractivity contribution in [2.75, 3.05) is 26.5 Å². The monoisotopic (exact) mass is 469 g/mol. The zero-order valence-electron chi connectivity index (χ0n) is 22.7. The first-order valence-electron chi connectivity index (χ1n) is 14.0. The van der Waals surface area contributed by atoms with Crippen molar-refractivity contribution in [3.05, 3.63) is 0 Å². The summed E-state index contributed by atoms with van der Waals surface area (Å²) in [6.45, 7) is 18.4. The van der Waals surface area contributed by atoms with Crippen molar-refractivity contribution in [2.24, 2.45) is 35.5 Å². The summed E-state index contributed by atoms with van der Waals surface area (Å²) >= 11 is 0. The maximum Gasteiger partial charge on any atom is 0.0996 e. The van der Waals surface area contributed by atoms with Crippen LogP contribution in [-0.4, -0.2) is 66.0 Å². The Labute approximate surface area is 204 Å². The number of aliphatic hydroxyl groups is 2. The van der Waals surface area contributed by atoms with E-state index < -0.39 is 12.2 Å². The molecule has 0 aromatic rings. The minimum atomic E-state index is -0.721. The van der Waals surface area contributed by atoms with Gasteiger partial charge in [-0.25, -0.2) is 0 Å². The SMILES string of the molecule is CCCC(C)OCN1C[C@H](C)CC[C@H]1C(C)C(O)C(O)C(C)[C@@H]1CC[C@@H](C)CC1COCC. The van der Waals surface area contributed by atoms with Crippen LogP contribution in [0.1, 0.15) is 93.4 Å². The molecule has 1 aliphatic carbocycles. The molecule has 6 unspecified atom stereocenters. The van der Waals surface area contributed by atoms with Crippen LogP contribution in [0.15, 0.2) is 0 Å². The number of nitrogens with zero attached hydrogens (tertiary/aromatic N) is 1. The summed E-state index contributed by atoms with van der Waals surface area (Å²) in [6.07, 6.45) is 6.75. The van der Waals surface area contributed by atoms with Gasteiger partial charge in [0.2, 0.25) is 0 Å². The first-order chi connectivity index (χ1) is 15.7. The van der Waals surface area contributed by atoms with E-state index in [1.165, 1.54) is 12.8 Å². The van der Waals surface area contributed by atoms with E-state index in [0.29, 0.717) is 30.4 Å². The number of aliphatic hydroxyl groups excluding tert-OH is 2. The van der Waals surface area contributed by atoms with E-state index >= 15 is 0 Å². The van der Waals surface area contributed by atoms with Gasteiger partial charge in [-0.15, -0.1) is 0 Å². The lowest BCUT2D eigenvalue weighted by Gasteiger charge is -2.45. The van der Waals surface area contributed by atoms with Gasteiger partial charge in [-0.1, -0.05) is 47.5 Å². The third-order valence-electron chi connectivity index (χ3n) is 8.74. The largest absolute Gasteiger partial charge is 0.390 e. The van der Waals surface area contributed by atoms with Gasteiger partial charge in [0, 0.05) is 31.7 Å². The summed E-state index contributed by atoms with van der Waals surface area (Å²) in [6, 6.07) is 0.248. The molecule has 1 saturated heterocycles. The molecule has 2 N–H and O–H groups in total. The summed E-state index contributed by atoms with van der Waals surface area (Å²) in [7, 11) is 0. The topological polar surface area (TPSA) is 62.2 Å². The Hall–Kier alpha value is -0.200. The van der Waals surface area contributed by atoms with Crippen LogP contribution >= 0.6 is 0 Å². The molecule has 1 saturated carbocycles. The maximum atomic E-state index is 11.4. The second-order valence-corrected chi connectivity index (χ2v) is 11.6. The van der Waals surface area contributed by atoms with Gasteiger partial charge >= 0.3 is 0 Å². The van der Waals surface area contributed by atoms with Gasteiger partial charge in [-0.2, -0.15) is 0 Å². The molecule has 2 fully saturated rings. The van der Waals surface area contributed by atoms with Gasteiger partial charge in [0.25, 0.3) is 0 Å². The van der Waals surface area contributed by atoms with Gasteiger partial charge in [-0.05, 0) is 75.5 Å². The highest BCUT2D eigenvalue weighted by Crippen LogP contribution is 2.41. The highest BCUT2D eigenvalue weighted by atomic mass is 16.5. The summed E-state index contributed by atoms with van der Waals surface area (Å²) < 4.78 is 12.0. The summed E-state index contributed by atoms with van der Waals surface area (Å²) in [4.78, 5) is 2.42. The summed E-state index contributed by atoms with van der Waals surface area (Å²) in [5.74, 6) is 2.31. The lowest BCUT2D eigenvalue weighted by Crippen LogP contribution is -2.53. The number of hydrogen-bond donors (Lipinski definition) is 2. The van der Waals surface area contributed by atoms with E-state index in [1.54, 1.807) is 0 Å². The molecule has 196 valence electrons. The van der Waals surface area contributed by atoms with Crippen LogP contribution < -0.4 is 0 Å². The number of hydrogen-bond acceptors (Lipinski definition) is 5. The van der Waals surface area contributed by atoms with Crippen LogP contribution in [0, 0.1) is 35.5 Å². The molecule has 0 bridgehead atoms. The molecule has 1 aliphatic heterocycles. The quantitative estimate of drug-likeness (QED) is 0.382. The molecule has 5 heteroatoms. The van der Waals surface area contributed by atoms with E-state index in [1.807, 2.05) is 0 Å². The first kappa shape index (κ1) is 29.0. The molecule has 33 heavy (non-hydrogen) atoms. The maximum absolute atomic E-state index is 11.4. The van der Waals surface area contributed by atoms with Gasteiger partial charge in [0.15, 0.2) is 0 Å². The molecule has 1 heterocycles. The Morgan fingerprint density at radius 2 is 1.58 bits per heavy atom. The van der Waals surface area contributed by atoms with Gasteiger partial charge in [0.05, 0.1) is 25.0 Å². The number of rotatable bonds is 13. The molecule has 10 atom stereocenters. The molecule has 2 aliphatic rings. The molecule has 2 rings (SSSR count). The average molecular weight is 470 g/mol. The van der Waals surface area contributed by atoms with Crippen molar-refractivity contribution in [3.63, 3.8) is 0 Å². The van der Waals surface area contributed by atoms with E-state index in [9.17, 15) is 10.2 Å². The lowest BCUT2D eigenvalue weighted by molar-refractivity contribution is -0.112. The molecule has 0 spiro atoms. The van der Waals surface area contributed by atoms with Gasteiger partial charge in [0.1, 0.15) is 0 Å². The molecule has 0 radical (unpaired) electrons. The smallest absolute Gasteiger partial charge is 0.0996 e. The number of ether oxygens (including phenoxy) is 2. The lowest BCUT2D eigenvalue weighted by atomic mass is 9.67. The van der Waals surface area contributed by atoms with Crippen molar-refractivity contribution in [1.29, 1.82) is 0 Å². The van der Waals surface area contributed by atoms with Crippen LogP contribution in [0.5, 0.6) is 0 Å². The molecular formula is C28H55NO4. The second-order valence-electron chi connectivity index (χ2n) is 11.6. The predicted molar refractivity (Wildman–Crippen MR) is 136 cm³/mol. The van der Waals surface area contributed by atoms with Gasteiger partial charge < -0.3 is 19.7 Å². The van der Waals surface area contributed by atoms with Crippen molar-refractivity contribution < 1.29 is 19.7 Å². The van der Waals surface area contributed by atoms with Crippen LogP contribution in [0.4, 0.5) is 0 Å². The average Bonchev–Trinajstić information content (AvgIpc) is 2.80. The second kappa shape index (κ2) is 14.4. The number of likely N-dealkylation sites (tertiary alicyclic amines) is 1. The van der Waals surface area contributed by atoms with Crippen molar-refractivity contribution in [1.82, 2.24) is 4.90 Å². The Morgan fingerprint density at radius 3 is 2.24 bits per heavy atom. The summed E-state index contributed by atoms with van der Waals surface area (Å²) in [5, 5.41) is 22.7. The minimum Gasteiger partial charge on any atom is -0.390 e. The predicted octanol–water partition coefficient (Wildman–Crippen LogP) is 5.33. The van der Waals surface area contributed by atoms with Crippen LogP contribution in [-0.2, 0) is 9.47 Å². The minimum absolute atomic E-state index is 0.00730. The summed E-state index contributed by atoms with van der Waals surface area (Å²) in [5.41, 5.74) is 0. The van der Waals surface area contributed by atoms with Crippen LogP contribution in [0.25, 0.3) is 0 Å². The first-order valence-corrected chi connectivity index (χ1v) is 14.0. The molecule has 5 nitrogen and oxygen atoms in total.